The van der Waals surface area contributed by atoms with Gasteiger partial charge < -0.3 is 4.90 Å². The summed E-state index contributed by atoms with van der Waals surface area (Å²) in [6, 6.07) is 0. The van der Waals surface area contributed by atoms with Gasteiger partial charge >= 0.3 is 47.6 Å². The maximum atomic E-state index is 13.9. The molecule has 0 rings (SSSR count). The van der Waals surface area contributed by atoms with Crippen molar-refractivity contribution >= 4 is 5.91 Å². The van der Waals surface area contributed by atoms with Crippen LogP contribution in [-0.4, -0.2) is 71.5 Å². The number of hydrogen-bond donors (Lipinski definition) is 0. The molecular formula is C17H16F17NO. The predicted octanol–water partition coefficient (Wildman–Crippen LogP) is 7.20. The van der Waals surface area contributed by atoms with Gasteiger partial charge in [-0.05, 0) is 13.3 Å². The lowest BCUT2D eigenvalue weighted by atomic mass is 9.88. The maximum absolute atomic E-state index is 13.9. The topological polar surface area (TPSA) is 20.3 Å². The van der Waals surface area contributed by atoms with E-state index in [9.17, 15) is 79.4 Å². The van der Waals surface area contributed by atoms with Gasteiger partial charge in [-0.3, -0.25) is 4.79 Å². The van der Waals surface area contributed by atoms with Gasteiger partial charge in [0.05, 0.1) is 0 Å². The molecule has 1 amide bonds. The SMILES string of the molecule is C=C(C)C(=O)N(CCC)CCC(F)(F)C(F)(F)C(F)(F)C(F)(F)C(F)(F)C(F)(F)C(F)(F)C(F)(F)F. The third kappa shape index (κ3) is 5.06. The maximum Gasteiger partial charge on any atom is 0.460 e. The lowest BCUT2D eigenvalue weighted by Crippen LogP contribution is -2.74. The molecule has 0 saturated carbocycles. The van der Waals surface area contributed by atoms with Crippen LogP contribution >= 0.6 is 0 Å². The highest BCUT2D eigenvalue weighted by atomic mass is 19.4. The molecule has 0 aromatic carbocycles. The Morgan fingerprint density at radius 2 is 0.944 bits per heavy atom. The van der Waals surface area contributed by atoms with Crippen LogP contribution in [0.4, 0.5) is 74.6 Å². The molecule has 36 heavy (non-hydrogen) atoms. The molecule has 0 spiro atoms. The number of nitrogens with zero attached hydrogens (tertiary/aromatic N) is 1. The summed E-state index contributed by atoms with van der Waals surface area (Å²) in [5.41, 5.74) is -0.414. The van der Waals surface area contributed by atoms with E-state index >= 15 is 0 Å². The standard InChI is InChI=1S/C17H16F17NO/c1-4-6-35(9(36)8(2)3)7-5-10(18,19)11(20,21)12(22,23)13(24,25)14(26,27)15(28,29)16(30,31)17(32,33)34/h2,4-7H2,1,3H3. The van der Waals surface area contributed by atoms with Crippen LogP contribution in [0.1, 0.15) is 26.7 Å². The quantitative estimate of drug-likeness (QED) is 0.179. The normalized spacial score (nSPS) is 15.2. The summed E-state index contributed by atoms with van der Waals surface area (Å²) in [6.45, 7) is 3.17. The van der Waals surface area contributed by atoms with Gasteiger partial charge in [0.25, 0.3) is 0 Å². The highest BCUT2D eigenvalue weighted by Gasteiger charge is 2.95. The molecule has 0 atom stereocenters. The highest BCUT2D eigenvalue weighted by Crippen LogP contribution is 2.64. The van der Waals surface area contributed by atoms with Crippen molar-refractivity contribution in [2.24, 2.45) is 0 Å². The number of hydrogen-bond acceptors (Lipinski definition) is 1. The van der Waals surface area contributed by atoms with Crippen molar-refractivity contribution in [3.8, 4) is 0 Å². The van der Waals surface area contributed by atoms with Crippen molar-refractivity contribution in [3.05, 3.63) is 12.2 Å². The van der Waals surface area contributed by atoms with Gasteiger partial charge in [-0.2, -0.15) is 74.6 Å². The van der Waals surface area contributed by atoms with Crippen molar-refractivity contribution < 1.29 is 79.4 Å². The fourth-order valence-corrected chi connectivity index (χ4v) is 2.48. The smallest absolute Gasteiger partial charge is 0.339 e. The fourth-order valence-electron chi connectivity index (χ4n) is 2.48. The Hall–Kier alpha value is -1.98. The lowest BCUT2D eigenvalue weighted by Gasteiger charge is -2.43. The van der Waals surface area contributed by atoms with Gasteiger partial charge in [0.15, 0.2) is 0 Å². The van der Waals surface area contributed by atoms with Gasteiger partial charge in [-0.15, -0.1) is 0 Å². The number of amides is 1. The molecule has 0 aromatic rings. The Bertz CT molecular complexity index is 814. The van der Waals surface area contributed by atoms with E-state index in [2.05, 4.69) is 6.58 Å². The Labute approximate surface area is 191 Å². The molecule has 0 bridgehead atoms. The van der Waals surface area contributed by atoms with E-state index in [1.807, 2.05) is 0 Å². The zero-order valence-corrected chi connectivity index (χ0v) is 17.8. The Morgan fingerprint density at radius 1 is 0.611 bits per heavy atom. The number of rotatable bonds is 12. The van der Waals surface area contributed by atoms with Crippen LogP contribution in [0, 0.1) is 0 Å². The summed E-state index contributed by atoms with van der Waals surface area (Å²) in [6.07, 6.45) is -10.6. The second-order valence-electron chi connectivity index (χ2n) is 7.47. The van der Waals surface area contributed by atoms with Crippen molar-refractivity contribution in [1.29, 1.82) is 0 Å². The number of halogens is 17. The molecule has 0 aliphatic heterocycles. The van der Waals surface area contributed by atoms with Gasteiger partial charge in [-0.25, -0.2) is 0 Å². The largest absolute Gasteiger partial charge is 0.460 e. The predicted molar refractivity (Wildman–Crippen MR) is 87.0 cm³/mol. The molecule has 0 unspecified atom stereocenters. The molecule has 0 N–H and O–H groups in total. The highest BCUT2D eigenvalue weighted by molar-refractivity contribution is 5.92. The molecule has 0 saturated heterocycles. The molecule has 0 aliphatic rings. The number of carbonyl (C=O) groups is 1. The minimum absolute atomic E-state index is 0.0794. The zero-order chi connectivity index (χ0) is 29.6. The first kappa shape index (κ1) is 34.0. The first-order valence-corrected chi connectivity index (χ1v) is 9.19. The second kappa shape index (κ2) is 9.72. The first-order chi connectivity index (χ1) is 15.5. The van der Waals surface area contributed by atoms with Gasteiger partial charge in [0.1, 0.15) is 0 Å². The van der Waals surface area contributed by atoms with E-state index in [0.29, 0.717) is 0 Å². The monoisotopic (exact) mass is 573 g/mol. The summed E-state index contributed by atoms with van der Waals surface area (Å²) in [5.74, 6) is -57.8. The summed E-state index contributed by atoms with van der Waals surface area (Å²) < 4.78 is 225. The summed E-state index contributed by atoms with van der Waals surface area (Å²) in [4.78, 5) is 12.0. The summed E-state index contributed by atoms with van der Waals surface area (Å²) in [7, 11) is 0. The van der Waals surface area contributed by atoms with E-state index in [0.717, 1.165) is 6.92 Å². The lowest BCUT2D eigenvalue weighted by molar-refractivity contribution is -0.461. The molecule has 214 valence electrons. The van der Waals surface area contributed by atoms with Crippen molar-refractivity contribution in [3.63, 3.8) is 0 Å². The van der Waals surface area contributed by atoms with Gasteiger partial charge in [0.2, 0.25) is 5.91 Å². The molecule has 0 radical (unpaired) electrons. The Kier molecular flexibility index (Phi) is 9.18. The minimum atomic E-state index is -8.66. The van der Waals surface area contributed by atoms with Crippen LogP contribution in [-0.2, 0) is 4.79 Å². The van der Waals surface area contributed by atoms with Crippen LogP contribution < -0.4 is 0 Å². The van der Waals surface area contributed by atoms with Crippen LogP contribution in [0.15, 0.2) is 12.2 Å². The number of alkyl halides is 17. The molecule has 0 fully saturated rings. The molecule has 0 heterocycles. The second-order valence-corrected chi connectivity index (χ2v) is 7.47. The van der Waals surface area contributed by atoms with Crippen molar-refractivity contribution in [1.82, 2.24) is 4.90 Å². The van der Waals surface area contributed by atoms with Gasteiger partial charge in [0, 0.05) is 25.1 Å². The fraction of sp³-hybridized carbons (Fsp3) is 0.824. The van der Waals surface area contributed by atoms with E-state index in [1.54, 1.807) is 0 Å². The Balaban J connectivity index is 6.49. The minimum Gasteiger partial charge on any atom is -0.339 e. The van der Waals surface area contributed by atoms with Crippen LogP contribution in [0.2, 0.25) is 0 Å². The summed E-state index contributed by atoms with van der Waals surface area (Å²) >= 11 is 0. The van der Waals surface area contributed by atoms with Crippen molar-refractivity contribution in [2.75, 3.05) is 13.1 Å². The van der Waals surface area contributed by atoms with Crippen LogP contribution in [0.5, 0.6) is 0 Å². The van der Waals surface area contributed by atoms with E-state index < -0.39 is 78.6 Å². The average Bonchev–Trinajstić information content (AvgIpc) is 2.68. The molecule has 0 aromatic heterocycles. The summed E-state index contributed by atoms with van der Waals surface area (Å²) in [5, 5.41) is 0. The van der Waals surface area contributed by atoms with E-state index in [1.165, 1.54) is 6.92 Å². The van der Waals surface area contributed by atoms with Crippen LogP contribution in [0.3, 0.4) is 0 Å². The third-order valence-corrected chi connectivity index (χ3v) is 4.63. The molecule has 2 nitrogen and oxygen atoms in total. The third-order valence-electron chi connectivity index (χ3n) is 4.63. The van der Waals surface area contributed by atoms with Gasteiger partial charge in [-0.1, -0.05) is 13.5 Å². The van der Waals surface area contributed by atoms with Crippen molar-refractivity contribution in [2.45, 2.75) is 74.3 Å². The molecule has 0 aliphatic carbocycles. The number of carbonyl (C=O) groups excluding carboxylic acids is 1. The molecule has 19 heteroatoms. The van der Waals surface area contributed by atoms with E-state index in [4.69, 9.17) is 0 Å². The molecular weight excluding hydrogens is 557 g/mol. The Morgan fingerprint density at radius 3 is 1.25 bits per heavy atom. The zero-order valence-electron chi connectivity index (χ0n) is 17.8. The first-order valence-electron chi connectivity index (χ1n) is 9.19. The van der Waals surface area contributed by atoms with Crippen LogP contribution in [0.25, 0.3) is 0 Å². The van der Waals surface area contributed by atoms with E-state index in [-0.39, 0.29) is 11.3 Å². The average molecular weight is 573 g/mol.